The summed E-state index contributed by atoms with van der Waals surface area (Å²) in [7, 11) is 0. The number of aliphatic carboxylic acids is 1. The zero-order valence-electron chi connectivity index (χ0n) is 23.6. The van der Waals surface area contributed by atoms with E-state index < -0.39 is 29.3 Å². The number of carboxylic acid groups (broad SMARTS) is 1. The first-order chi connectivity index (χ1) is 19.0. The van der Waals surface area contributed by atoms with Gasteiger partial charge in [0.1, 0.15) is 6.04 Å². The van der Waals surface area contributed by atoms with E-state index in [1.807, 2.05) is 107 Å². The zero-order chi connectivity index (χ0) is 29.3. The van der Waals surface area contributed by atoms with E-state index in [-0.39, 0.29) is 18.4 Å². The molecule has 2 amide bonds. The number of carboxylic acids is 1. The van der Waals surface area contributed by atoms with Crippen LogP contribution in [0.15, 0.2) is 78.9 Å². The highest BCUT2D eigenvalue weighted by Gasteiger charge is 2.35. The van der Waals surface area contributed by atoms with Crippen molar-refractivity contribution in [3.8, 4) is 11.1 Å². The molecule has 212 valence electrons. The Hall–Kier alpha value is -3.64. The number of benzene rings is 3. The number of hydrogen-bond acceptors (Lipinski definition) is 3. The second-order valence-corrected chi connectivity index (χ2v) is 11.7. The molecule has 0 aliphatic rings. The van der Waals surface area contributed by atoms with Crippen molar-refractivity contribution in [2.75, 3.05) is 0 Å². The van der Waals surface area contributed by atoms with Gasteiger partial charge in [0, 0.05) is 16.5 Å². The van der Waals surface area contributed by atoms with E-state index in [1.165, 1.54) is 0 Å². The van der Waals surface area contributed by atoms with Crippen LogP contribution >= 0.6 is 11.6 Å². The number of carbonyl (C=O) groups excluding carboxylic acids is 2. The minimum absolute atomic E-state index is 0.241. The molecule has 3 aromatic carbocycles. The Morgan fingerprint density at radius 1 is 0.850 bits per heavy atom. The van der Waals surface area contributed by atoms with Crippen LogP contribution in [-0.4, -0.2) is 28.9 Å². The lowest BCUT2D eigenvalue weighted by atomic mass is 9.85. The molecular formula is C33H39ClN2O4. The van der Waals surface area contributed by atoms with Crippen LogP contribution < -0.4 is 10.6 Å². The zero-order valence-corrected chi connectivity index (χ0v) is 24.4. The van der Waals surface area contributed by atoms with Gasteiger partial charge in [-0.3, -0.25) is 14.4 Å². The van der Waals surface area contributed by atoms with Crippen molar-refractivity contribution in [2.24, 2.45) is 11.3 Å². The summed E-state index contributed by atoms with van der Waals surface area (Å²) in [5.41, 5.74) is 3.45. The van der Waals surface area contributed by atoms with Gasteiger partial charge < -0.3 is 15.7 Å². The maximum absolute atomic E-state index is 13.3. The molecule has 3 aromatic rings. The van der Waals surface area contributed by atoms with Crippen LogP contribution in [0, 0.1) is 11.3 Å². The summed E-state index contributed by atoms with van der Waals surface area (Å²) < 4.78 is 0. The minimum atomic E-state index is -1.04. The molecule has 7 heteroatoms. The third-order valence-electron chi connectivity index (χ3n) is 7.02. The fourth-order valence-corrected chi connectivity index (χ4v) is 4.94. The molecule has 0 fully saturated rings. The van der Waals surface area contributed by atoms with Crippen LogP contribution in [0.1, 0.15) is 64.1 Å². The van der Waals surface area contributed by atoms with Crippen LogP contribution in [0.3, 0.4) is 0 Å². The second kappa shape index (κ2) is 14.1. The van der Waals surface area contributed by atoms with E-state index >= 15 is 0 Å². The van der Waals surface area contributed by atoms with Gasteiger partial charge >= 0.3 is 5.97 Å². The van der Waals surface area contributed by atoms with Crippen molar-refractivity contribution < 1.29 is 19.5 Å². The predicted octanol–water partition coefficient (Wildman–Crippen LogP) is 6.83. The van der Waals surface area contributed by atoms with Crippen LogP contribution in [0.4, 0.5) is 0 Å². The van der Waals surface area contributed by atoms with Crippen molar-refractivity contribution in [1.29, 1.82) is 0 Å². The largest absolute Gasteiger partial charge is 0.481 e. The fraction of sp³-hybridized carbons (Fsp3) is 0.364. The highest BCUT2D eigenvalue weighted by molar-refractivity contribution is 6.33. The Labute approximate surface area is 242 Å². The quantitative estimate of drug-likeness (QED) is 0.225. The van der Waals surface area contributed by atoms with Gasteiger partial charge in [0.15, 0.2) is 0 Å². The molecule has 0 heterocycles. The van der Waals surface area contributed by atoms with E-state index in [2.05, 4.69) is 10.6 Å². The first-order valence-electron chi connectivity index (χ1n) is 13.7. The van der Waals surface area contributed by atoms with Gasteiger partial charge in [-0.05, 0) is 54.4 Å². The third kappa shape index (κ3) is 8.95. The van der Waals surface area contributed by atoms with Gasteiger partial charge in [0.2, 0.25) is 11.8 Å². The molecule has 0 aromatic heterocycles. The molecule has 0 saturated heterocycles. The van der Waals surface area contributed by atoms with Crippen molar-refractivity contribution in [2.45, 2.75) is 65.5 Å². The number of rotatable bonds is 12. The number of aryl methyl sites for hydroxylation is 1. The maximum Gasteiger partial charge on any atom is 0.304 e. The first-order valence-corrected chi connectivity index (χ1v) is 14.0. The second-order valence-electron chi connectivity index (χ2n) is 11.3. The minimum Gasteiger partial charge on any atom is -0.481 e. The maximum atomic E-state index is 13.3. The summed E-state index contributed by atoms with van der Waals surface area (Å²) in [5, 5.41) is 16.0. The van der Waals surface area contributed by atoms with Crippen LogP contribution in [0.2, 0.25) is 5.02 Å². The number of amides is 2. The van der Waals surface area contributed by atoms with Crippen molar-refractivity contribution in [1.82, 2.24) is 10.6 Å². The first kappa shape index (κ1) is 30.9. The standard InChI is InChI=1S/C33H39ClN2O4/c1-22(24-12-6-5-7-13-24)35-32(40)30(33(2,3)4)36-31(39)26(21-29(37)38)14-10-11-23-17-19-25(20-18-23)27-15-8-9-16-28(27)34/h5-9,12-13,15-20,22,26,30H,10-11,14,21H2,1-4H3,(H,35,40)(H,36,39)(H,37,38)/t22-,26-,30-/m1/s1. The van der Waals surface area contributed by atoms with Gasteiger partial charge in [-0.2, -0.15) is 0 Å². The summed E-state index contributed by atoms with van der Waals surface area (Å²) in [6.07, 6.45) is 1.43. The van der Waals surface area contributed by atoms with E-state index in [0.717, 1.165) is 22.3 Å². The molecule has 3 N–H and O–H groups in total. The summed E-state index contributed by atoms with van der Waals surface area (Å²) >= 11 is 6.31. The lowest BCUT2D eigenvalue weighted by Gasteiger charge is -2.32. The number of hydrogen-bond donors (Lipinski definition) is 3. The molecule has 40 heavy (non-hydrogen) atoms. The van der Waals surface area contributed by atoms with Crippen LogP contribution in [-0.2, 0) is 20.8 Å². The Morgan fingerprint density at radius 3 is 2.08 bits per heavy atom. The normalized spacial score (nSPS) is 13.6. The lowest BCUT2D eigenvalue weighted by molar-refractivity contribution is -0.142. The highest BCUT2D eigenvalue weighted by Crippen LogP contribution is 2.28. The molecule has 6 nitrogen and oxygen atoms in total. The molecule has 0 bridgehead atoms. The van der Waals surface area contributed by atoms with Crippen molar-refractivity contribution in [3.63, 3.8) is 0 Å². The van der Waals surface area contributed by atoms with Crippen molar-refractivity contribution >= 4 is 29.4 Å². The van der Waals surface area contributed by atoms with Crippen molar-refractivity contribution in [3.05, 3.63) is 95.0 Å². The average Bonchev–Trinajstić information content (AvgIpc) is 2.91. The summed E-state index contributed by atoms with van der Waals surface area (Å²) in [4.78, 5) is 38.2. The van der Waals surface area contributed by atoms with Gasteiger partial charge in [0.05, 0.1) is 12.5 Å². The smallest absolute Gasteiger partial charge is 0.304 e. The molecule has 0 unspecified atom stereocenters. The van der Waals surface area contributed by atoms with Crippen LogP contribution in [0.5, 0.6) is 0 Å². The van der Waals surface area contributed by atoms with E-state index in [0.29, 0.717) is 24.3 Å². The fourth-order valence-electron chi connectivity index (χ4n) is 4.69. The Kier molecular flexibility index (Phi) is 10.9. The molecule has 0 aliphatic carbocycles. The monoisotopic (exact) mass is 562 g/mol. The van der Waals surface area contributed by atoms with Gasteiger partial charge in [-0.1, -0.05) is 105 Å². The van der Waals surface area contributed by atoms with E-state index in [9.17, 15) is 19.5 Å². The third-order valence-corrected chi connectivity index (χ3v) is 7.35. The summed E-state index contributed by atoms with van der Waals surface area (Å²) in [6, 6.07) is 24.3. The van der Waals surface area contributed by atoms with Gasteiger partial charge in [-0.25, -0.2) is 0 Å². The Bertz CT molecular complexity index is 1290. The van der Waals surface area contributed by atoms with Gasteiger partial charge in [-0.15, -0.1) is 0 Å². The summed E-state index contributed by atoms with van der Waals surface area (Å²) in [6.45, 7) is 7.53. The molecule has 0 radical (unpaired) electrons. The molecule has 0 aliphatic heterocycles. The summed E-state index contributed by atoms with van der Waals surface area (Å²) in [5.74, 6) is -2.51. The van der Waals surface area contributed by atoms with Crippen LogP contribution in [0.25, 0.3) is 11.1 Å². The number of carbonyl (C=O) groups is 3. The number of halogens is 1. The Balaban J connectivity index is 1.63. The topological polar surface area (TPSA) is 95.5 Å². The average molecular weight is 563 g/mol. The predicted molar refractivity (Wildman–Crippen MR) is 160 cm³/mol. The lowest BCUT2D eigenvalue weighted by Crippen LogP contribution is -2.55. The van der Waals surface area contributed by atoms with E-state index in [4.69, 9.17) is 11.6 Å². The molecule has 3 rings (SSSR count). The SMILES string of the molecule is C[C@@H](NC(=O)[C@@H](NC(=O)[C@H](CCCc1ccc(-c2ccccc2Cl)cc1)CC(=O)O)C(C)(C)C)c1ccccc1. The highest BCUT2D eigenvalue weighted by atomic mass is 35.5. The van der Waals surface area contributed by atoms with Gasteiger partial charge in [0.25, 0.3) is 0 Å². The molecular weight excluding hydrogens is 524 g/mol. The molecule has 3 atom stereocenters. The molecule has 0 saturated carbocycles. The van der Waals surface area contributed by atoms with E-state index in [1.54, 1.807) is 0 Å². The number of nitrogens with one attached hydrogen (secondary N) is 2. The Morgan fingerprint density at radius 2 is 1.48 bits per heavy atom. The molecule has 0 spiro atoms.